The van der Waals surface area contributed by atoms with Gasteiger partial charge in [0.05, 0.1) is 5.56 Å². The number of aromatic carboxylic acids is 1. The summed E-state index contributed by atoms with van der Waals surface area (Å²) in [6, 6.07) is 3.69. The second kappa shape index (κ2) is 6.28. The fraction of sp³-hybridized carbons (Fsp3) is 0.571. The lowest BCUT2D eigenvalue weighted by Crippen LogP contribution is -2.17. The third-order valence-corrected chi connectivity index (χ3v) is 4.65. The number of hydrogen-bond donors (Lipinski definition) is 2. The molecule has 0 saturated heterocycles. The Balaban J connectivity index is 2.11. The van der Waals surface area contributed by atoms with E-state index in [2.05, 4.69) is 16.6 Å². The highest BCUT2D eigenvalue weighted by Gasteiger charge is 2.24. The quantitative estimate of drug-likeness (QED) is 0.868. The predicted octanol–water partition coefficient (Wildman–Crippen LogP) is 3.04. The van der Waals surface area contributed by atoms with Gasteiger partial charge in [-0.2, -0.15) is 11.8 Å². The molecular weight excluding hydrogens is 260 g/mol. The van der Waals surface area contributed by atoms with Crippen molar-refractivity contribution in [3.05, 3.63) is 23.4 Å². The van der Waals surface area contributed by atoms with Crippen LogP contribution in [0, 0.1) is 0 Å². The monoisotopic (exact) mass is 280 g/mol. The first-order valence-electron chi connectivity index (χ1n) is 6.66. The van der Waals surface area contributed by atoms with Crippen molar-refractivity contribution in [3.8, 4) is 0 Å². The Morgan fingerprint density at radius 1 is 1.53 bits per heavy atom. The maximum atomic E-state index is 11.1. The second-order valence-corrected chi connectivity index (χ2v) is 6.04. The van der Waals surface area contributed by atoms with Crippen LogP contribution in [0.5, 0.6) is 0 Å². The van der Waals surface area contributed by atoms with Gasteiger partial charge in [-0.3, -0.25) is 0 Å². The van der Waals surface area contributed by atoms with E-state index in [0.29, 0.717) is 22.7 Å². The minimum absolute atomic E-state index is 0.314. The lowest BCUT2D eigenvalue weighted by molar-refractivity contribution is 0.0696. The largest absolute Gasteiger partial charge is 0.478 e. The molecule has 1 fully saturated rings. The van der Waals surface area contributed by atoms with Gasteiger partial charge in [-0.05, 0) is 44.1 Å². The molecule has 1 aliphatic rings. The van der Waals surface area contributed by atoms with E-state index in [4.69, 9.17) is 5.11 Å². The molecule has 4 nitrogen and oxygen atoms in total. The van der Waals surface area contributed by atoms with Gasteiger partial charge in [-0.15, -0.1) is 0 Å². The highest BCUT2D eigenvalue weighted by atomic mass is 32.2. The van der Waals surface area contributed by atoms with E-state index in [1.807, 2.05) is 18.7 Å². The molecule has 0 radical (unpaired) electrons. The fourth-order valence-electron chi connectivity index (χ4n) is 2.46. The summed E-state index contributed by atoms with van der Waals surface area (Å²) in [4.78, 5) is 15.6. The van der Waals surface area contributed by atoms with Crippen LogP contribution in [0.25, 0.3) is 0 Å². The highest BCUT2D eigenvalue weighted by Crippen LogP contribution is 2.30. The zero-order valence-electron chi connectivity index (χ0n) is 11.3. The van der Waals surface area contributed by atoms with Gasteiger partial charge < -0.3 is 10.4 Å². The van der Waals surface area contributed by atoms with Crippen molar-refractivity contribution >= 4 is 23.5 Å². The lowest BCUT2D eigenvalue weighted by atomic mass is 10.2. The molecule has 2 atom stereocenters. The number of nitrogens with one attached hydrogen (secondary N) is 1. The van der Waals surface area contributed by atoms with Crippen LogP contribution in [0.15, 0.2) is 12.1 Å². The number of thioether (sulfide) groups is 1. The average molecular weight is 280 g/mol. The van der Waals surface area contributed by atoms with Gasteiger partial charge in [0.2, 0.25) is 0 Å². The van der Waals surface area contributed by atoms with Crippen LogP contribution in [-0.2, 0) is 6.42 Å². The summed E-state index contributed by atoms with van der Waals surface area (Å²) in [5.41, 5.74) is 1.13. The summed E-state index contributed by atoms with van der Waals surface area (Å²) in [7, 11) is 0. The normalized spacial score (nSPS) is 22.4. The summed E-state index contributed by atoms with van der Waals surface area (Å²) in [6.07, 6.45) is 6.37. The van der Waals surface area contributed by atoms with Crippen LogP contribution in [0.1, 0.15) is 42.2 Å². The van der Waals surface area contributed by atoms with E-state index in [9.17, 15) is 4.79 Å². The van der Waals surface area contributed by atoms with Crippen molar-refractivity contribution in [2.45, 2.75) is 43.9 Å². The summed E-state index contributed by atoms with van der Waals surface area (Å²) in [6.45, 7) is 1.98. The number of aromatic nitrogens is 1. The number of rotatable bonds is 5. The third-order valence-electron chi connectivity index (χ3n) is 3.56. The molecule has 2 unspecified atom stereocenters. The molecule has 1 saturated carbocycles. The standard InChI is InChI=1S/C14H20N2O2S/c1-3-10-6-9(14(17)18)7-13(15-10)16-11-4-5-12(8-11)19-2/h6-7,11-12H,3-5,8H2,1-2H3,(H,15,16)(H,17,18). The van der Waals surface area contributed by atoms with Gasteiger partial charge in [0.15, 0.2) is 0 Å². The van der Waals surface area contributed by atoms with Crippen LogP contribution in [0.2, 0.25) is 0 Å². The highest BCUT2D eigenvalue weighted by molar-refractivity contribution is 7.99. The van der Waals surface area contributed by atoms with Gasteiger partial charge >= 0.3 is 5.97 Å². The van der Waals surface area contributed by atoms with Crippen molar-refractivity contribution in [1.29, 1.82) is 0 Å². The molecule has 5 heteroatoms. The van der Waals surface area contributed by atoms with Gasteiger partial charge in [0, 0.05) is 17.0 Å². The van der Waals surface area contributed by atoms with Crippen LogP contribution < -0.4 is 5.32 Å². The molecule has 1 aromatic heterocycles. The molecule has 0 aromatic carbocycles. The first kappa shape index (κ1) is 14.2. The Labute approximate surface area is 118 Å². The van der Waals surface area contributed by atoms with E-state index in [0.717, 1.165) is 25.0 Å². The SMILES string of the molecule is CCc1cc(C(=O)O)cc(NC2CCC(SC)C2)n1. The molecule has 0 spiro atoms. The minimum atomic E-state index is -0.895. The third kappa shape index (κ3) is 3.62. The average Bonchev–Trinajstić information content (AvgIpc) is 2.85. The first-order chi connectivity index (χ1) is 9.12. The molecule has 0 bridgehead atoms. The topological polar surface area (TPSA) is 62.2 Å². The lowest BCUT2D eigenvalue weighted by Gasteiger charge is -2.14. The Kier molecular flexibility index (Phi) is 4.69. The second-order valence-electron chi connectivity index (χ2n) is 4.90. The molecule has 19 heavy (non-hydrogen) atoms. The number of nitrogens with zero attached hydrogens (tertiary/aromatic N) is 1. The number of carboxylic acid groups (broad SMARTS) is 1. The van der Waals surface area contributed by atoms with Crippen molar-refractivity contribution in [1.82, 2.24) is 4.98 Å². The summed E-state index contributed by atoms with van der Waals surface area (Å²) in [5, 5.41) is 13.2. The Bertz CT molecular complexity index is 465. The summed E-state index contributed by atoms with van der Waals surface area (Å²) in [5.74, 6) is -0.197. The van der Waals surface area contributed by atoms with Gasteiger partial charge in [0.1, 0.15) is 5.82 Å². The van der Waals surface area contributed by atoms with E-state index in [1.54, 1.807) is 12.1 Å². The first-order valence-corrected chi connectivity index (χ1v) is 7.94. The predicted molar refractivity (Wildman–Crippen MR) is 79.1 cm³/mol. The van der Waals surface area contributed by atoms with E-state index >= 15 is 0 Å². The summed E-state index contributed by atoms with van der Waals surface area (Å²) >= 11 is 1.91. The molecule has 1 aromatic rings. The Morgan fingerprint density at radius 3 is 2.89 bits per heavy atom. The van der Waals surface area contributed by atoms with Crippen LogP contribution in [-0.4, -0.2) is 33.6 Å². The molecule has 0 aliphatic heterocycles. The number of anilines is 1. The van der Waals surface area contributed by atoms with Crippen molar-refractivity contribution in [3.63, 3.8) is 0 Å². The Morgan fingerprint density at radius 2 is 2.32 bits per heavy atom. The number of aryl methyl sites for hydroxylation is 1. The van der Waals surface area contributed by atoms with E-state index in [1.165, 1.54) is 6.42 Å². The number of carbonyl (C=O) groups is 1. The molecule has 2 N–H and O–H groups in total. The number of hydrogen-bond acceptors (Lipinski definition) is 4. The smallest absolute Gasteiger partial charge is 0.335 e. The molecule has 0 amide bonds. The fourth-order valence-corrected chi connectivity index (χ4v) is 3.26. The molecule has 1 heterocycles. The van der Waals surface area contributed by atoms with Crippen LogP contribution >= 0.6 is 11.8 Å². The van der Waals surface area contributed by atoms with Crippen molar-refractivity contribution in [2.75, 3.05) is 11.6 Å². The number of pyridine rings is 1. The minimum Gasteiger partial charge on any atom is -0.478 e. The van der Waals surface area contributed by atoms with Crippen LogP contribution in [0.3, 0.4) is 0 Å². The maximum Gasteiger partial charge on any atom is 0.335 e. The van der Waals surface area contributed by atoms with Crippen molar-refractivity contribution < 1.29 is 9.90 Å². The van der Waals surface area contributed by atoms with Gasteiger partial charge in [0.25, 0.3) is 0 Å². The molecular formula is C14H20N2O2S. The van der Waals surface area contributed by atoms with E-state index < -0.39 is 5.97 Å². The van der Waals surface area contributed by atoms with Gasteiger partial charge in [-0.25, -0.2) is 9.78 Å². The zero-order chi connectivity index (χ0) is 13.8. The maximum absolute atomic E-state index is 11.1. The summed E-state index contributed by atoms with van der Waals surface area (Å²) < 4.78 is 0. The van der Waals surface area contributed by atoms with Crippen molar-refractivity contribution in [2.24, 2.45) is 0 Å². The zero-order valence-corrected chi connectivity index (χ0v) is 12.2. The van der Waals surface area contributed by atoms with Gasteiger partial charge in [-0.1, -0.05) is 6.92 Å². The molecule has 2 rings (SSSR count). The molecule has 1 aliphatic carbocycles. The van der Waals surface area contributed by atoms with E-state index in [-0.39, 0.29) is 0 Å². The molecule has 104 valence electrons. The van der Waals surface area contributed by atoms with Crippen LogP contribution in [0.4, 0.5) is 5.82 Å². The number of carboxylic acids is 1. The Hall–Kier alpha value is -1.23.